The molecule has 0 aliphatic heterocycles. The summed E-state index contributed by atoms with van der Waals surface area (Å²) in [6.45, 7) is 3.55. The maximum absolute atomic E-state index is 5.67. The Morgan fingerprint density at radius 3 is 3.00 bits per heavy atom. The number of hydrogen-bond donors (Lipinski definition) is 2. The molecule has 7 heteroatoms. The molecule has 4 rings (SSSR count). The van der Waals surface area contributed by atoms with Crippen LogP contribution < -0.4 is 5.32 Å². The van der Waals surface area contributed by atoms with Gasteiger partial charge in [0.25, 0.3) is 0 Å². The van der Waals surface area contributed by atoms with E-state index in [9.17, 15) is 0 Å². The lowest BCUT2D eigenvalue weighted by atomic mass is 10.2. The molecule has 22 heavy (non-hydrogen) atoms. The van der Waals surface area contributed by atoms with Crippen LogP contribution in [-0.4, -0.2) is 31.7 Å². The van der Waals surface area contributed by atoms with Crippen LogP contribution in [0.2, 0.25) is 0 Å². The maximum Gasteiger partial charge on any atom is 0.152 e. The number of nitrogens with one attached hydrogen (secondary N) is 2. The van der Waals surface area contributed by atoms with E-state index in [1.807, 2.05) is 36.1 Å². The number of aromatic amines is 1. The first kappa shape index (κ1) is 13.3. The standard InChI is InChI=1S/C15H18N6O/c1-11-2-3-13(22-11)14-12(9-18-19-14)8-16-10-15(4-5-15)21-7-6-17-20-21/h2-3,6-7,9,16H,4-5,8,10H2,1H3,(H,18,19). The molecule has 1 aliphatic carbocycles. The third-order valence-electron chi connectivity index (χ3n) is 4.21. The summed E-state index contributed by atoms with van der Waals surface area (Å²) in [5.41, 5.74) is 2.14. The van der Waals surface area contributed by atoms with Crippen molar-refractivity contribution in [2.24, 2.45) is 0 Å². The molecule has 0 radical (unpaired) electrons. The van der Waals surface area contributed by atoms with Crippen molar-refractivity contribution < 1.29 is 4.42 Å². The predicted molar refractivity (Wildman–Crippen MR) is 80.0 cm³/mol. The van der Waals surface area contributed by atoms with Crippen molar-refractivity contribution in [1.29, 1.82) is 0 Å². The molecule has 0 aromatic carbocycles. The minimum absolute atomic E-state index is 0.0989. The fraction of sp³-hybridized carbons (Fsp3) is 0.400. The van der Waals surface area contributed by atoms with Crippen molar-refractivity contribution in [2.45, 2.75) is 31.8 Å². The number of furan rings is 1. The van der Waals surface area contributed by atoms with Gasteiger partial charge in [-0.15, -0.1) is 5.10 Å². The summed E-state index contributed by atoms with van der Waals surface area (Å²) in [5.74, 6) is 1.72. The highest BCUT2D eigenvalue weighted by atomic mass is 16.3. The van der Waals surface area contributed by atoms with Crippen LogP contribution in [0.1, 0.15) is 24.2 Å². The monoisotopic (exact) mass is 298 g/mol. The van der Waals surface area contributed by atoms with Gasteiger partial charge in [0.1, 0.15) is 11.5 Å². The summed E-state index contributed by atoms with van der Waals surface area (Å²) in [7, 11) is 0. The summed E-state index contributed by atoms with van der Waals surface area (Å²) in [6, 6.07) is 3.92. The molecule has 0 bridgehead atoms. The lowest BCUT2D eigenvalue weighted by Crippen LogP contribution is -2.32. The molecule has 1 fully saturated rings. The Bertz CT molecular complexity index is 753. The first-order chi connectivity index (χ1) is 10.8. The van der Waals surface area contributed by atoms with E-state index in [0.29, 0.717) is 0 Å². The molecule has 2 N–H and O–H groups in total. The lowest BCUT2D eigenvalue weighted by molar-refractivity contribution is 0.392. The molecule has 0 atom stereocenters. The highest BCUT2D eigenvalue weighted by Gasteiger charge is 2.45. The van der Waals surface area contributed by atoms with Crippen molar-refractivity contribution in [3.63, 3.8) is 0 Å². The molecular weight excluding hydrogens is 280 g/mol. The molecule has 1 saturated carbocycles. The zero-order chi connectivity index (χ0) is 15.0. The van der Waals surface area contributed by atoms with Crippen LogP contribution in [-0.2, 0) is 12.1 Å². The predicted octanol–water partition coefficient (Wildman–Crippen LogP) is 1.85. The molecule has 0 amide bonds. The molecule has 3 heterocycles. The van der Waals surface area contributed by atoms with Gasteiger partial charge in [0.15, 0.2) is 5.76 Å². The van der Waals surface area contributed by atoms with Gasteiger partial charge in [0, 0.05) is 24.8 Å². The Morgan fingerprint density at radius 1 is 1.41 bits per heavy atom. The highest BCUT2D eigenvalue weighted by Crippen LogP contribution is 2.42. The zero-order valence-corrected chi connectivity index (χ0v) is 12.4. The number of aryl methyl sites for hydroxylation is 1. The normalized spacial score (nSPS) is 16.0. The molecule has 3 aromatic heterocycles. The van der Waals surface area contributed by atoms with Gasteiger partial charge in [0.05, 0.1) is 17.9 Å². The summed E-state index contributed by atoms with van der Waals surface area (Å²) in [6.07, 6.45) is 7.78. The molecule has 3 aromatic rings. The smallest absolute Gasteiger partial charge is 0.152 e. The van der Waals surface area contributed by atoms with E-state index in [1.165, 1.54) is 0 Å². The Morgan fingerprint density at radius 2 is 2.32 bits per heavy atom. The maximum atomic E-state index is 5.67. The number of nitrogens with zero attached hydrogens (tertiary/aromatic N) is 4. The average Bonchev–Trinajstić information content (AvgIpc) is 2.98. The van der Waals surface area contributed by atoms with E-state index in [2.05, 4.69) is 25.8 Å². The number of aromatic nitrogens is 5. The average molecular weight is 298 g/mol. The van der Waals surface area contributed by atoms with Crippen LogP contribution in [0.15, 0.2) is 35.1 Å². The van der Waals surface area contributed by atoms with E-state index in [4.69, 9.17) is 4.42 Å². The zero-order valence-electron chi connectivity index (χ0n) is 12.4. The molecule has 7 nitrogen and oxygen atoms in total. The van der Waals surface area contributed by atoms with Gasteiger partial charge in [-0.2, -0.15) is 5.10 Å². The molecule has 0 spiro atoms. The molecular formula is C15H18N6O. The van der Waals surface area contributed by atoms with Crippen LogP contribution in [0.5, 0.6) is 0 Å². The van der Waals surface area contributed by atoms with Crippen molar-refractivity contribution in [2.75, 3.05) is 6.54 Å². The largest absolute Gasteiger partial charge is 0.460 e. The third-order valence-corrected chi connectivity index (χ3v) is 4.21. The van der Waals surface area contributed by atoms with Crippen molar-refractivity contribution >= 4 is 0 Å². The van der Waals surface area contributed by atoms with Crippen molar-refractivity contribution in [1.82, 2.24) is 30.5 Å². The second-order valence-electron chi connectivity index (χ2n) is 5.86. The fourth-order valence-corrected chi connectivity index (χ4v) is 2.75. The Balaban J connectivity index is 1.42. The van der Waals surface area contributed by atoms with Gasteiger partial charge in [0.2, 0.25) is 0 Å². The lowest BCUT2D eigenvalue weighted by Gasteiger charge is -2.15. The summed E-state index contributed by atoms with van der Waals surface area (Å²) in [4.78, 5) is 0. The van der Waals surface area contributed by atoms with Crippen LogP contribution in [0.25, 0.3) is 11.5 Å². The number of hydrogen-bond acceptors (Lipinski definition) is 5. The molecule has 0 saturated heterocycles. The summed E-state index contributed by atoms with van der Waals surface area (Å²) in [5, 5.41) is 18.7. The minimum Gasteiger partial charge on any atom is -0.460 e. The molecule has 114 valence electrons. The molecule has 1 aliphatic rings. The van der Waals surface area contributed by atoms with E-state index < -0.39 is 0 Å². The van der Waals surface area contributed by atoms with Gasteiger partial charge in [-0.3, -0.25) is 5.10 Å². The second-order valence-corrected chi connectivity index (χ2v) is 5.86. The van der Waals surface area contributed by atoms with Crippen LogP contribution >= 0.6 is 0 Å². The first-order valence-corrected chi connectivity index (χ1v) is 7.43. The van der Waals surface area contributed by atoms with Gasteiger partial charge in [-0.25, -0.2) is 4.68 Å². The first-order valence-electron chi connectivity index (χ1n) is 7.43. The topological polar surface area (TPSA) is 84.6 Å². The van der Waals surface area contributed by atoms with E-state index in [0.717, 1.165) is 48.7 Å². The Kier molecular flexibility index (Phi) is 3.07. The van der Waals surface area contributed by atoms with Gasteiger partial charge < -0.3 is 9.73 Å². The van der Waals surface area contributed by atoms with Gasteiger partial charge in [-0.1, -0.05) is 5.21 Å². The summed E-state index contributed by atoms with van der Waals surface area (Å²) < 4.78 is 7.63. The minimum atomic E-state index is 0.0989. The van der Waals surface area contributed by atoms with E-state index in [-0.39, 0.29) is 5.54 Å². The second kappa shape index (κ2) is 5.10. The Hall–Kier alpha value is -2.41. The van der Waals surface area contributed by atoms with Gasteiger partial charge in [-0.05, 0) is 31.9 Å². The third kappa shape index (κ3) is 2.33. The van der Waals surface area contributed by atoms with Crippen LogP contribution in [0, 0.1) is 6.92 Å². The van der Waals surface area contributed by atoms with Crippen molar-refractivity contribution in [3.8, 4) is 11.5 Å². The highest BCUT2D eigenvalue weighted by molar-refractivity contribution is 5.56. The number of rotatable bonds is 6. The van der Waals surface area contributed by atoms with Gasteiger partial charge >= 0.3 is 0 Å². The van der Waals surface area contributed by atoms with E-state index in [1.54, 1.807) is 6.20 Å². The Labute approximate surface area is 127 Å². The quantitative estimate of drug-likeness (QED) is 0.725. The van der Waals surface area contributed by atoms with Crippen LogP contribution in [0.4, 0.5) is 0 Å². The summed E-state index contributed by atoms with van der Waals surface area (Å²) >= 11 is 0. The van der Waals surface area contributed by atoms with Crippen LogP contribution in [0.3, 0.4) is 0 Å². The number of H-pyrrole nitrogens is 1. The van der Waals surface area contributed by atoms with Crippen molar-refractivity contribution in [3.05, 3.63) is 42.0 Å². The fourth-order valence-electron chi connectivity index (χ4n) is 2.75. The SMILES string of the molecule is Cc1ccc(-c2[nH]ncc2CNCC2(n3ccnn3)CC2)o1. The van der Waals surface area contributed by atoms with E-state index >= 15 is 0 Å². The molecule has 0 unspecified atom stereocenters.